The standard InChI is InChI=1S/C10H20O3/c1-10(2,12)8-6-4-5-7-9(11)13-3/h12H,4-8H2,1-3H3. The Kier molecular flexibility index (Phi) is 5.71. The van der Waals surface area contributed by atoms with Crippen molar-refractivity contribution in [2.45, 2.75) is 51.6 Å². The molecule has 0 aromatic rings. The fourth-order valence-electron chi connectivity index (χ4n) is 1.11. The molecule has 0 unspecified atom stereocenters. The number of carbonyl (C=O) groups excluding carboxylic acids is 1. The van der Waals surface area contributed by atoms with Crippen LogP contribution in [-0.4, -0.2) is 23.8 Å². The number of aliphatic hydroxyl groups is 1. The molecule has 0 fully saturated rings. The molecule has 3 heteroatoms. The summed E-state index contributed by atoms with van der Waals surface area (Å²) in [6.45, 7) is 3.60. The fraction of sp³-hybridized carbons (Fsp3) is 0.900. The van der Waals surface area contributed by atoms with Crippen molar-refractivity contribution in [3.05, 3.63) is 0 Å². The lowest BCUT2D eigenvalue weighted by Crippen LogP contribution is -2.17. The summed E-state index contributed by atoms with van der Waals surface area (Å²) in [6.07, 6.45) is 4.05. The molecule has 13 heavy (non-hydrogen) atoms. The highest BCUT2D eigenvalue weighted by Gasteiger charge is 2.11. The van der Waals surface area contributed by atoms with Crippen LogP contribution in [0.25, 0.3) is 0 Å². The Bertz CT molecular complexity index is 147. The van der Waals surface area contributed by atoms with Crippen LogP contribution in [-0.2, 0) is 9.53 Å². The maximum atomic E-state index is 10.7. The third-order valence-electron chi connectivity index (χ3n) is 1.90. The largest absolute Gasteiger partial charge is 0.469 e. The average Bonchev–Trinajstić information content (AvgIpc) is 2.01. The first-order valence-electron chi connectivity index (χ1n) is 4.75. The summed E-state index contributed by atoms with van der Waals surface area (Å²) >= 11 is 0. The first kappa shape index (κ1) is 12.4. The molecule has 0 radical (unpaired) electrons. The lowest BCUT2D eigenvalue weighted by atomic mass is 10.0. The Morgan fingerprint density at radius 1 is 1.31 bits per heavy atom. The highest BCUT2D eigenvalue weighted by molar-refractivity contribution is 5.68. The first-order valence-corrected chi connectivity index (χ1v) is 4.75. The van der Waals surface area contributed by atoms with Gasteiger partial charge in [0.2, 0.25) is 0 Å². The van der Waals surface area contributed by atoms with Gasteiger partial charge in [0.1, 0.15) is 0 Å². The van der Waals surface area contributed by atoms with Gasteiger partial charge in [0.15, 0.2) is 0 Å². The van der Waals surface area contributed by atoms with Crippen LogP contribution in [0.3, 0.4) is 0 Å². The van der Waals surface area contributed by atoms with Crippen molar-refractivity contribution in [3.8, 4) is 0 Å². The van der Waals surface area contributed by atoms with Gasteiger partial charge in [0, 0.05) is 6.42 Å². The maximum Gasteiger partial charge on any atom is 0.305 e. The molecule has 1 N–H and O–H groups in total. The second kappa shape index (κ2) is 5.97. The molecule has 0 saturated carbocycles. The molecule has 78 valence electrons. The molecule has 0 atom stereocenters. The lowest BCUT2D eigenvalue weighted by molar-refractivity contribution is -0.140. The summed E-state index contributed by atoms with van der Waals surface area (Å²) in [6, 6.07) is 0. The van der Waals surface area contributed by atoms with Crippen LogP contribution in [0, 0.1) is 0 Å². The van der Waals surface area contributed by atoms with E-state index in [4.69, 9.17) is 0 Å². The van der Waals surface area contributed by atoms with Crippen LogP contribution in [0.1, 0.15) is 46.0 Å². The van der Waals surface area contributed by atoms with Crippen molar-refractivity contribution in [1.29, 1.82) is 0 Å². The van der Waals surface area contributed by atoms with Crippen LogP contribution in [0.15, 0.2) is 0 Å². The van der Waals surface area contributed by atoms with Gasteiger partial charge in [-0.05, 0) is 26.7 Å². The summed E-state index contributed by atoms with van der Waals surface area (Å²) in [5, 5.41) is 9.38. The number of carbonyl (C=O) groups is 1. The number of hydrogen-bond donors (Lipinski definition) is 1. The van der Waals surface area contributed by atoms with Gasteiger partial charge in [0.05, 0.1) is 12.7 Å². The minimum absolute atomic E-state index is 0.150. The predicted molar refractivity (Wildman–Crippen MR) is 51.4 cm³/mol. The highest BCUT2D eigenvalue weighted by atomic mass is 16.5. The molecule has 0 aliphatic heterocycles. The van der Waals surface area contributed by atoms with E-state index in [1.54, 1.807) is 13.8 Å². The molecule has 0 saturated heterocycles. The average molecular weight is 188 g/mol. The van der Waals surface area contributed by atoms with Gasteiger partial charge in [-0.3, -0.25) is 4.79 Å². The molecular weight excluding hydrogens is 168 g/mol. The highest BCUT2D eigenvalue weighted by Crippen LogP contribution is 2.13. The van der Waals surface area contributed by atoms with Crippen molar-refractivity contribution in [3.63, 3.8) is 0 Å². The monoisotopic (exact) mass is 188 g/mol. The topological polar surface area (TPSA) is 46.5 Å². The molecule has 0 aliphatic carbocycles. The van der Waals surface area contributed by atoms with Crippen molar-refractivity contribution in [1.82, 2.24) is 0 Å². The van der Waals surface area contributed by atoms with Crippen LogP contribution in [0.4, 0.5) is 0 Å². The molecule has 0 heterocycles. The van der Waals surface area contributed by atoms with E-state index in [-0.39, 0.29) is 5.97 Å². The van der Waals surface area contributed by atoms with Gasteiger partial charge in [-0.25, -0.2) is 0 Å². The van der Waals surface area contributed by atoms with Crippen LogP contribution >= 0.6 is 0 Å². The predicted octanol–water partition coefficient (Wildman–Crippen LogP) is 1.88. The molecule has 0 spiro atoms. The summed E-state index contributed by atoms with van der Waals surface area (Å²) in [5.74, 6) is -0.150. The lowest BCUT2D eigenvalue weighted by Gasteiger charge is -2.16. The van der Waals surface area contributed by atoms with Gasteiger partial charge in [-0.15, -0.1) is 0 Å². The number of methoxy groups -OCH3 is 1. The van der Waals surface area contributed by atoms with E-state index in [1.165, 1.54) is 7.11 Å². The summed E-state index contributed by atoms with van der Waals surface area (Å²) < 4.78 is 4.51. The van der Waals surface area contributed by atoms with Crippen LogP contribution in [0.2, 0.25) is 0 Å². The smallest absolute Gasteiger partial charge is 0.305 e. The van der Waals surface area contributed by atoms with E-state index in [9.17, 15) is 9.90 Å². The zero-order valence-electron chi connectivity index (χ0n) is 8.80. The molecule has 0 amide bonds. The molecule has 0 aromatic heterocycles. The Morgan fingerprint density at radius 2 is 1.92 bits per heavy atom. The SMILES string of the molecule is COC(=O)CCCCCC(C)(C)O. The number of ether oxygens (including phenoxy) is 1. The number of esters is 1. The van der Waals surface area contributed by atoms with E-state index in [0.717, 1.165) is 25.7 Å². The molecule has 3 nitrogen and oxygen atoms in total. The Labute approximate surface area is 80.1 Å². The number of unbranched alkanes of at least 4 members (excludes halogenated alkanes) is 2. The van der Waals surface area contributed by atoms with Gasteiger partial charge in [-0.2, -0.15) is 0 Å². The third-order valence-corrected chi connectivity index (χ3v) is 1.90. The van der Waals surface area contributed by atoms with Crippen LogP contribution < -0.4 is 0 Å². The zero-order valence-corrected chi connectivity index (χ0v) is 8.80. The maximum absolute atomic E-state index is 10.7. The van der Waals surface area contributed by atoms with Crippen molar-refractivity contribution >= 4 is 5.97 Å². The van der Waals surface area contributed by atoms with Gasteiger partial charge >= 0.3 is 5.97 Å². The van der Waals surface area contributed by atoms with Gasteiger partial charge in [0.25, 0.3) is 0 Å². The summed E-state index contributed by atoms with van der Waals surface area (Å²) in [7, 11) is 1.40. The zero-order chi connectivity index (χ0) is 10.3. The Balaban J connectivity index is 3.22. The third kappa shape index (κ3) is 9.34. The normalized spacial score (nSPS) is 11.4. The van der Waals surface area contributed by atoms with E-state index in [1.807, 2.05) is 0 Å². The van der Waals surface area contributed by atoms with E-state index in [0.29, 0.717) is 6.42 Å². The molecular formula is C10H20O3. The quantitative estimate of drug-likeness (QED) is 0.511. The minimum atomic E-state index is -0.578. The molecule has 0 aliphatic rings. The minimum Gasteiger partial charge on any atom is -0.469 e. The number of hydrogen-bond acceptors (Lipinski definition) is 3. The molecule has 0 bridgehead atoms. The summed E-state index contributed by atoms with van der Waals surface area (Å²) in [4.78, 5) is 10.7. The number of rotatable bonds is 6. The Morgan fingerprint density at radius 3 is 2.38 bits per heavy atom. The van der Waals surface area contributed by atoms with Gasteiger partial charge < -0.3 is 9.84 Å². The van der Waals surface area contributed by atoms with Crippen molar-refractivity contribution in [2.24, 2.45) is 0 Å². The fourth-order valence-corrected chi connectivity index (χ4v) is 1.11. The van der Waals surface area contributed by atoms with E-state index >= 15 is 0 Å². The Hall–Kier alpha value is -0.570. The summed E-state index contributed by atoms with van der Waals surface area (Å²) in [5.41, 5.74) is -0.578. The van der Waals surface area contributed by atoms with Crippen molar-refractivity contribution in [2.75, 3.05) is 7.11 Å². The van der Waals surface area contributed by atoms with E-state index in [2.05, 4.69) is 4.74 Å². The first-order chi connectivity index (χ1) is 5.95. The van der Waals surface area contributed by atoms with Crippen molar-refractivity contribution < 1.29 is 14.6 Å². The van der Waals surface area contributed by atoms with E-state index < -0.39 is 5.60 Å². The van der Waals surface area contributed by atoms with Crippen LogP contribution in [0.5, 0.6) is 0 Å². The second-order valence-electron chi connectivity index (χ2n) is 3.95. The van der Waals surface area contributed by atoms with Gasteiger partial charge in [-0.1, -0.05) is 12.8 Å². The molecule has 0 aromatic carbocycles. The molecule has 0 rings (SSSR count). The second-order valence-corrected chi connectivity index (χ2v) is 3.95.